The third kappa shape index (κ3) is 6.28. The number of nitrogens with one attached hydrogen (secondary N) is 1. The first-order chi connectivity index (χ1) is 17.7. The Morgan fingerprint density at radius 2 is 1.59 bits per heavy atom. The highest BCUT2D eigenvalue weighted by molar-refractivity contribution is 7.92. The molecule has 0 bridgehead atoms. The summed E-state index contributed by atoms with van der Waals surface area (Å²) < 4.78 is 62.4. The Kier molecular flexibility index (Phi) is 8.90. The summed E-state index contributed by atoms with van der Waals surface area (Å²) in [6.07, 6.45) is 1.34. The molecule has 0 saturated heterocycles. The Bertz CT molecular complexity index is 1380. The van der Waals surface area contributed by atoms with E-state index < -0.39 is 28.3 Å². The molecule has 10 nitrogen and oxygen atoms in total. The van der Waals surface area contributed by atoms with Crippen molar-refractivity contribution in [3.8, 4) is 23.0 Å². The van der Waals surface area contributed by atoms with Crippen molar-refractivity contribution in [1.29, 1.82) is 0 Å². The highest BCUT2D eigenvalue weighted by Crippen LogP contribution is 2.32. The molecule has 0 spiro atoms. The van der Waals surface area contributed by atoms with Crippen LogP contribution in [0.1, 0.15) is 5.56 Å². The first-order valence-electron chi connectivity index (χ1n) is 10.8. The van der Waals surface area contributed by atoms with Crippen LogP contribution in [0.4, 0.5) is 10.1 Å². The summed E-state index contributed by atoms with van der Waals surface area (Å²) in [5.74, 6) is 0.0898. The number of nitrogens with zero attached hydrogens (tertiary/aromatic N) is 2. The number of benzene rings is 3. The van der Waals surface area contributed by atoms with Crippen LogP contribution in [0, 0.1) is 5.82 Å². The molecule has 0 aromatic heterocycles. The molecular weight excluding hydrogens is 505 g/mol. The van der Waals surface area contributed by atoms with Gasteiger partial charge in [0.15, 0.2) is 23.0 Å². The molecule has 0 aliphatic rings. The van der Waals surface area contributed by atoms with E-state index in [2.05, 4.69) is 10.5 Å². The number of rotatable bonds is 11. The molecule has 3 aromatic carbocycles. The van der Waals surface area contributed by atoms with Crippen LogP contribution < -0.4 is 28.7 Å². The molecule has 1 N–H and O–H groups in total. The van der Waals surface area contributed by atoms with E-state index in [1.165, 1.54) is 65.0 Å². The second-order valence-electron chi connectivity index (χ2n) is 7.38. The summed E-state index contributed by atoms with van der Waals surface area (Å²) in [5, 5.41) is 3.91. The summed E-state index contributed by atoms with van der Waals surface area (Å²) in [6, 6.07) is 13.8. The van der Waals surface area contributed by atoms with Gasteiger partial charge in [-0.1, -0.05) is 6.07 Å². The predicted octanol–water partition coefficient (Wildman–Crippen LogP) is 3.21. The topological polar surface area (TPSA) is 116 Å². The largest absolute Gasteiger partial charge is 0.493 e. The molecule has 0 atom stereocenters. The lowest BCUT2D eigenvalue weighted by Crippen LogP contribution is -2.39. The normalized spacial score (nSPS) is 11.2. The fourth-order valence-electron chi connectivity index (χ4n) is 3.38. The number of methoxy groups -OCH3 is 4. The number of anilines is 1. The number of hydrogen-bond donors (Lipinski definition) is 1. The van der Waals surface area contributed by atoms with E-state index in [-0.39, 0.29) is 16.3 Å². The molecular formula is C25H26FN3O7S. The first kappa shape index (κ1) is 27.3. The summed E-state index contributed by atoms with van der Waals surface area (Å²) >= 11 is 0. The summed E-state index contributed by atoms with van der Waals surface area (Å²) in [6.45, 7) is -0.644. The number of halogens is 1. The van der Waals surface area contributed by atoms with Crippen molar-refractivity contribution in [1.82, 2.24) is 5.43 Å². The van der Waals surface area contributed by atoms with Crippen LogP contribution in [0.25, 0.3) is 0 Å². The maximum absolute atomic E-state index is 13.6. The maximum Gasteiger partial charge on any atom is 0.264 e. The molecule has 1 amide bonds. The number of sulfonamides is 1. The second-order valence-corrected chi connectivity index (χ2v) is 9.24. The molecule has 0 saturated carbocycles. The summed E-state index contributed by atoms with van der Waals surface area (Å²) in [7, 11) is 1.45. The van der Waals surface area contributed by atoms with E-state index in [9.17, 15) is 17.6 Å². The zero-order chi connectivity index (χ0) is 27.0. The lowest BCUT2D eigenvalue weighted by molar-refractivity contribution is -0.119. The van der Waals surface area contributed by atoms with Gasteiger partial charge in [-0.2, -0.15) is 5.10 Å². The monoisotopic (exact) mass is 531 g/mol. The minimum atomic E-state index is -4.29. The van der Waals surface area contributed by atoms with Gasteiger partial charge in [0.1, 0.15) is 12.4 Å². The average molecular weight is 532 g/mol. The minimum absolute atomic E-state index is 0.0739. The Hall–Kier alpha value is -4.32. The van der Waals surface area contributed by atoms with Crippen LogP contribution in [0.3, 0.4) is 0 Å². The molecule has 196 valence electrons. The Morgan fingerprint density at radius 3 is 2.22 bits per heavy atom. The van der Waals surface area contributed by atoms with Crippen LogP contribution in [-0.4, -0.2) is 55.5 Å². The number of hydrogen-bond acceptors (Lipinski definition) is 8. The van der Waals surface area contributed by atoms with Crippen molar-refractivity contribution in [2.45, 2.75) is 4.90 Å². The van der Waals surface area contributed by atoms with Gasteiger partial charge in [-0.25, -0.2) is 18.2 Å². The quantitative estimate of drug-likeness (QED) is 0.298. The van der Waals surface area contributed by atoms with Gasteiger partial charge >= 0.3 is 0 Å². The highest BCUT2D eigenvalue weighted by atomic mass is 32.2. The Morgan fingerprint density at radius 1 is 0.919 bits per heavy atom. The summed E-state index contributed by atoms with van der Waals surface area (Å²) in [5.41, 5.74) is 2.90. The fraction of sp³-hybridized carbons (Fsp3) is 0.200. The lowest BCUT2D eigenvalue weighted by Gasteiger charge is -2.24. The minimum Gasteiger partial charge on any atom is -0.493 e. The average Bonchev–Trinajstić information content (AvgIpc) is 2.91. The Labute approximate surface area is 214 Å². The van der Waals surface area contributed by atoms with Gasteiger partial charge in [-0.15, -0.1) is 0 Å². The van der Waals surface area contributed by atoms with Crippen LogP contribution in [-0.2, 0) is 14.8 Å². The first-order valence-corrected chi connectivity index (χ1v) is 12.2. The van der Waals surface area contributed by atoms with Gasteiger partial charge in [-0.3, -0.25) is 9.10 Å². The van der Waals surface area contributed by atoms with E-state index in [0.717, 1.165) is 16.4 Å². The van der Waals surface area contributed by atoms with Gasteiger partial charge in [0.05, 0.1) is 45.2 Å². The van der Waals surface area contributed by atoms with Crippen LogP contribution in [0.15, 0.2) is 70.7 Å². The Balaban J connectivity index is 1.89. The molecule has 3 rings (SSSR count). The predicted molar refractivity (Wildman–Crippen MR) is 136 cm³/mol. The van der Waals surface area contributed by atoms with Gasteiger partial charge in [0, 0.05) is 11.6 Å². The maximum atomic E-state index is 13.6. The molecule has 0 unspecified atom stereocenters. The molecule has 3 aromatic rings. The molecule has 0 radical (unpaired) electrons. The van der Waals surface area contributed by atoms with Crippen molar-refractivity contribution in [2.24, 2.45) is 5.10 Å². The van der Waals surface area contributed by atoms with Crippen LogP contribution >= 0.6 is 0 Å². The number of carbonyl (C=O) groups is 1. The molecule has 0 aliphatic heterocycles. The van der Waals surface area contributed by atoms with Crippen molar-refractivity contribution in [2.75, 3.05) is 39.3 Å². The number of hydrazone groups is 1. The van der Waals surface area contributed by atoms with Crippen molar-refractivity contribution >= 4 is 27.8 Å². The number of ether oxygens (including phenoxy) is 4. The SMILES string of the molecule is COc1ccc(S(=O)(=O)N(CC(=O)N/N=C\c2cccc(OC)c2OC)c2ccc(F)cc2)cc1OC. The van der Waals surface area contributed by atoms with Crippen molar-refractivity contribution < 1.29 is 36.6 Å². The van der Waals surface area contributed by atoms with Gasteiger partial charge in [0.25, 0.3) is 15.9 Å². The smallest absolute Gasteiger partial charge is 0.264 e. The lowest BCUT2D eigenvalue weighted by atomic mass is 10.2. The van der Waals surface area contributed by atoms with Crippen molar-refractivity contribution in [3.05, 3.63) is 72.0 Å². The number of para-hydroxylation sites is 1. The molecule has 0 aliphatic carbocycles. The van der Waals surface area contributed by atoms with Crippen LogP contribution in [0.5, 0.6) is 23.0 Å². The van der Waals surface area contributed by atoms with E-state index >= 15 is 0 Å². The van der Waals surface area contributed by atoms with Gasteiger partial charge in [-0.05, 0) is 48.5 Å². The number of carbonyl (C=O) groups excluding carboxylic acids is 1. The van der Waals surface area contributed by atoms with Crippen molar-refractivity contribution in [3.63, 3.8) is 0 Å². The number of amides is 1. The van der Waals surface area contributed by atoms with Crippen LogP contribution in [0.2, 0.25) is 0 Å². The molecule has 0 heterocycles. The standard InChI is InChI=1S/C25H26FN3O7S/c1-33-21-13-12-20(14-23(21)35-3)37(31,32)29(19-10-8-18(26)9-11-19)16-24(30)28-27-15-17-6-5-7-22(34-2)25(17)36-4/h5-15H,16H2,1-4H3,(H,28,30)/b27-15-. The third-order valence-corrected chi connectivity index (χ3v) is 6.94. The molecule has 12 heteroatoms. The fourth-order valence-corrected chi connectivity index (χ4v) is 4.82. The molecule has 0 fully saturated rings. The summed E-state index contributed by atoms with van der Waals surface area (Å²) in [4.78, 5) is 12.6. The van der Waals surface area contributed by atoms with E-state index in [1.54, 1.807) is 18.2 Å². The second kappa shape index (κ2) is 12.1. The van der Waals surface area contributed by atoms with Gasteiger partial charge in [0.2, 0.25) is 0 Å². The van der Waals surface area contributed by atoms with E-state index in [4.69, 9.17) is 18.9 Å². The zero-order valence-corrected chi connectivity index (χ0v) is 21.4. The molecule has 37 heavy (non-hydrogen) atoms. The third-order valence-electron chi connectivity index (χ3n) is 5.17. The van der Waals surface area contributed by atoms with E-state index in [1.807, 2.05) is 0 Å². The van der Waals surface area contributed by atoms with Gasteiger partial charge < -0.3 is 18.9 Å². The van der Waals surface area contributed by atoms with E-state index in [0.29, 0.717) is 22.8 Å². The zero-order valence-electron chi connectivity index (χ0n) is 20.6. The highest BCUT2D eigenvalue weighted by Gasteiger charge is 2.28.